The summed E-state index contributed by atoms with van der Waals surface area (Å²) in [5.74, 6) is -0.640. The van der Waals surface area contributed by atoms with Crippen LogP contribution in [0.2, 0.25) is 0 Å². The zero-order chi connectivity index (χ0) is 15.1. The van der Waals surface area contributed by atoms with Gasteiger partial charge in [-0.15, -0.1) is 0 Å². The molecule has 0 spiro atoms. The lowest BCUT2D eigenvalue weighted by Gasteiger charge is -2.09. The number of nitrogens with two attached hydrogens (primary N) is 1. The van der Waals surface area contributed by atoms with Gasteiger partial charge in [0.2, 0.25) is 5.95 Å². The second-order valence-electron chi connectivity index (χ2n) is 4.35. The van der Waals surface area contributed by atoms with E-state index in [9.17, 15) is 8.78 Å². The molecule has 0 saturated heterocycles. The number of anilines is 1. The molecular formula is C14H10BrF2N3O. The normalized spacial score (nSPS) is 11.0. The number of hydrogen-bond acceptors (Lipinski definition) is 3. The number of benzene rings is 2. The van der Waals surface area contributed by atoms with Crippen LogP contribution in [0.15, 0.2) is 34.8 Å². The Bertz CT molecular complexity index is 848. The number of ether oxygens (including phenoxy) is 1. The van der Waals surface area contributed by atoms with Crippen LogP contribution in [0.1, 0.15) is 0 Å². The summed E-state index contributed by atoms with van der Waals surface area (Å²) in [7, 11) is 1.50. The summed E-state index contributed by atoms with van der Waals surface area (Å²) in [6.07, 6.45) is 0. The Morgan fingerprint density at radius 1 is 1.24 bits per heavy atom. The summed E-state index contributed by atoms with van der Waals surface area (Å²) < 4.78 is 34.5. The van der Waals surface area contributed by atoms with Crippen molar-refractivity contribution in [1.82, 2.24) is 9.55 Å². The topological polar surface area (TPSA) is 53.1 Å². The van der Waals surface area contributed by atoms with Crippen molar-refractivity contribution in [3.8, 4) is 11.4 Å². The third kappa shape index (κ3) is 2.13. The third-order valence-corrected chi connectivity index (χ3v) is 3.73. The second kappa shape index (κ2) is 5.00. The van der Waals surface area contributed by atoms with Crippen LogP contribution in [0, 0.1) is 11.6 Å². The minimum atomic E-state index is -0.614. The van der Waals surface area contributed by atoms with E-state index in [1.165, 1.54) is 11.7 Å². The Balaban J connectivity index is 2.36. The second-order valence-corrected chi connectivity index (χ2v) is 5.21. The Kier molecular flexibility index (Phi) is 3.29. The number of methoxy groups -OCH3 is 1. The van der Waals surface area contributed by atoms with Crippen LogP contribution in [-0.2, 0) is 0 Å². The molecule has 0 atom stereocenters. The van der Waals surface area contributed by atoms with Crippen molar-refractivity contribution in [2.75, 3.05) is 12.8 Å². The molecule has 0 aliphatic carbocycles. The van der Waals surface area contributed by atoms with Crippen molar-refractivity contribution >= 4 is 32.9 Å². The molecular weight excluding hydrogens is 344 g/mol. The minimum Gasteiger partial charge on any atom is -0.494 e. The van der Waals surface area contributed by atoms with Crippen molar-refractivity contribution in [3.05, 3.63) is 46.4 Å². The number of rotatable bonds is 2. The molecule has 1 aromatic heterocycles. The minimum absolute atomic E-state index is 0.0102. The molecule has 3 aromatic rings. The smallest absolute Gasteiger partial charge is 0.206 e. The summed E-state index contributed by atoms with van der Waals surface area (Å²) in [5.41, 5.74) is 6.87. The fraction of sp³-hybridized carbons (Fsp3) is 0.0714. The maximum absolute atomic E-state index is 14.2. The lowest BCUT2D eigenvalue weighted by molar-refractivity contribution is 0.419. The van der Waals surface area contributed by atoms with Gasteiger partial charge in [-0.2, -0.15) is 0 Å². The van der Waals surface area contributed by atoms with E-state index in [0.29, 0.717) is 16.8 Å². The first kappa shape index (κ1) is 13.8. The van der Waals surface area contributed by atoms with Crippen molar-refractivity contribution in [2.24, 2.45) is 0 Å². The molecule has 0 radical (unpaired) electrons. The summed E-state index contributed by atoms with van der Waals surface area (Å²) in [6.45, 7) is 0. The van der Waals surface area contributed by atoms with Gasteiger partial charge in [0.15, 0.2) is 0 Å². The lowest BCUT2D eigenvalue weighted by Crippen LogP contribution is -2.04. The lowest BCUT2D eigenvalue weighted by atomic mass is 10.2. The van der Waals surface area contributed by atoms with E-state index in [4.69, 9.17) is 10.5 Å². The van der Waals surface area contributed by atoms with E-state index in [1.807, 2.05) is 0 Å². The molecule has 3 rings (SSSR count). The number of nitrogens with zero attached hydrogens (tertiary/aromatic N) is 2. The quantitative estimate of drug-likeness (QED) is 0.715. The van der Waals surface area contributed by atoms with Crippen LogP contribution < -0.4 is 10.5 Å². The predicted molar refractivity (Wildman–Crippen MR) is 79.7 cm³/mol. The van der Waals surface area contributed by atoms with Crippen LogP contribution in [0.3, 0.4) is 0 Å². The van der Waals surface area contributed by atoms with Crippen LogP contribution in [-0.4, -0.2) is 16.7 Å². The maximum Gasteiger partial charge on any atom is 0.206 e. The predicted octanol–water partition coefficient (Wildman–Crippen LogP) is 3.66. The van der Waals surface area contributed by atoms with Crippen LogP contribution >= 0.6 is 15.9 Å². The number of hydrogen-bond donors (Lipinski definition) is 1. The molecule has 0 aliphatic heterocycles. The monoisotopic (exact) mass is 353 g/mol. The zero-order valence-electron chi connectivity index (χ0n) is 10.9. The number of aromatic nitrogens is 2. The van der Waals surface area contributed by atoms with E-state index in [2.05, 4.69) is 20.9 Å². The Morgan fingerprint density at radius 3 is 2.71 bits per heavy atom. The van der Waals surface area contributed by atoms with Crippen molar-refractivity contribution in [1.29, 1.82) is 0 Å². The molecule has 0 aliphatic rings. The number of nitrogen functional groups attached to an aromatic ring is 1. The highest BCUT2D eigenvalue weighted by Gasteiger charge is 2.17. The molecule has 7 heteroatoms. The van der Waals surface area contributed by atoms with Gasteiger partial charge in [0, 0.05) is 6.07 Å². The Hall–Kier alpha value is -2.15. The van der Waals surface area contributed by atoms with Crippen molar-refractivity contribution < 1.29 is 13.5 Å². The average Bonchev–Trinajstić information content (AvgIpc) is 2.79. The SMILES string of the molecule is COc1cccc2c1nc(N)n2-c1cc(F)c(Br)cc1F. The molecule has 2 N–H and O–H groups in total. The van der Waals surface area contributed by atoms with E-state index < -0.39 is 11.6 Å². The average molecular weight is 354 g/mol. The van der Waals surface area contributed by atoms with E-state index >= 15 is 0 Å². The van der Waals surface area contributed by atoms with Gasteiger partial charge in [-0.1, -0.05) is 6.07 Å². The highest BCUT2D eigenvalue weighted by atomic mass is 79.9. The molecule has 0 bridgehead atoms. The van der Waals surface area contributed by atoms with E-state index in [1.54, 1.807) is 18.2 Å². The highest BCUT2D eigenvalue weighted by Crippen LogP contribution is 2.31. The Morgan fingerprint density at radius 2 is 2.00 bits per heavy atom. The van der Waals surface area contributed by atoms with Gasteiger partial charge in [-0.25, -0.2) is 13.8 Å². The van der Waals surface area contributed by atoms with Gasteiger partial charge in [-0.3, -0.25) is 4.57 Å². The molecule has 0 amide bonds. The molecule has 4 nitrogen and oxygen atoms in total. The number of para-hydroxylation sites is 1. The third-order valence-electron chi connectivity index (χ3n) is 3.12. The first-order chi connectivity index (χ1) is 10.0. The summed E-state index contributed by atoms with van der Waals surface area (Å²) in [6, 6.07) is 7.27. The summed E-state index contributed by atoms with van der Waals surface area (Å²) in [4.78, 5) is 4.17. The first-order valence-electron chi connectivity index (χ1n) is 5.98. The molecule has 108 valence electrons. The zero-order valence-corrected chi connectivity index (χ0v) is 12.5. The fourth-order valence-corrected chi connectivity index (χ4v) is 2.51. The standard InChI is InChI=1S/C14H10BrF2N3O/c1-21-12-4-2-3-10-13(12)19-14(18)20(10)11-6-8(16)7(15)5-9(11)17/h2-6H,1H3,(H2,18,19). The van der Waals surface area contributed by atoms with E-state index in [0.717, 1.165) is 12.1 Å². The number of halogens is 3. The Labute approximate surface area is 127 Å². The summed E-state index contributed by atoms with van der Waals surface area (Å²) in [5, 5.41) is 0. The number of fused-ring (bicyclic) bond motifs is 1. The molecule has 0 saturated carbocycles. The summed E-state index contributed by atoms with van der Waals surface area (Å²) >= 11 is 2.94. The van der Waals surface area contributed by atoms with Gasteiger partial charge in [0.05, 0.1) is 22.8 Å². The maximum atomic E-state index is 14.2. The van der Waals surface area contributed by atoms with Gasteiger partial charge in [0.25, 0.3) is 0 Å². The molecule has 0 unspecified atom stereocenters. The van der Waals surface area contributed by atoms with Crippen molar-refractivity contribution in [2.45, 2.75) is 0 Å². The molecule has 0 fully saturated rings. The highest BCUT2D eigenvalue weighted by molar-refractivity contribution is 9.10. The van der Waals surface area contributed by atoms with Gasteiger partial charge in [0.1, 0.15) is 22.9 Å². The molecule has 1 heterocycles. The van der Waals surface area contributed by atoms with Crippen LogP contribution in [0.25, 0.3) is 16.7 Å². The van der Waals surface area contributed by atoms with Gasteiger partial charge in [-0.05, 0) is 34.1 Å². The fourth-order valence-electron chi connectivity index (χ4n) is 2.19. The molecule has 2 aromatic carbocycles. The number of imidazole rings is 1. The van der Waals surface area contributed by atoms with Crippen LogP contribution in [0.5, 0.6) is 5.75 Å². The van der Waals surface area contributed by atoms with Crippen molar-refractivity contribution in [3.63, 3.8) is 0 Å². The van der Waals surface area contributed by atoms with Crippen LogP contribution in [0.4, 0.5) is 14.7 Å². The van der Waals surface area contributed by atoms with E-state index in [-0.39, 0.29) is 16.1 Å². The molecule has 21 heavy (non-hydrogen) atoms. The van der Waals surface area contributed by atoms with Gasteiger partial charge >= 0.3 is 0 Å². The largest absolute Gasteiger partial charge is 0.494 e. The first-order valence-corrected chi connectivity index (χ1v) is 6.78. The van der Waals surface area contributed by atoms with Gasteiger partial charge < -0.3 is 10.5 Å².